The van der Waals surface area contributed by atoms with Crippen molar-refractivity contribution in [1.82, 2.24) is 5.23 Å². The maximum atomic E-state index is 10.5. The molecule has 0 aromatic carbocycles. The maximum Gasteiger partial charge on any atom is 0.296 e. The van der Waals surface area contributed by atoms with Gasteiger partial charge in [0.25, 0.3) is 5.91 Å². The molecule has 0 heterocycles. The maximum absolute atomic E-state index is 10.5. The Morgan fingerprint density at radius 1 is 1.56 bits per heavy atom. The number of hydrogen-bond donors (Lipinski definition) is 0. The van der Waals surface area contributed by atoms with E-state index in [1.54, 1.807) is 0 Å². The molecule has 0 aliphatic rings. The van der Waals surface area contributed by atoms with Gasteiger partial charge in [0.05, 0.1) is 14.2 Å². The van der Waals surface area contributed by atoms with Crippen LogP contribution < -0.4 is 0 Å². The predicted molar refractivity (Wildman–Crippen MR) is 31.1 cm³/mol. The second-order valence-corrected chi connectivity index (χ2v) is 1.16. The molecule has 9 heavy (non-hydrogen) atoms. The summed E-state index contributed by atoms with van der Waals surface area (Å²) in [6.07, 6.45) is 1.09. The summed E-state index contributed by atoms with van der Waals surface area (Å²) in [6.45, 7) is 3.23. The molecule has 4 heteroatoms. The molecule has 0 N–H and O–H groups in total. The van der Waals surface area contributed by atoms with Crippen LogP contribution in [0.25, 0.3) is 0 Å². The van der Waals surface area contributed by atoms with Gasteiger partial charge in [0.2, 0.25) is 0 Å². The first kappa shape index (κ1) is 8.13. The van der Waals surface area contributed by atoms with E-state index in [-0.39, 0.29) is 0 Å². The number of rotatable bonds is 3. The normalized spacial score (nSPS) is 8.67. The van der Waals surface area contributed by atoms with Gasteiger partial charge in [0.15, 0.2) is 0 Å². The zero-order chi connectivity index (χ0) is 7.28. The first-order valence-corrected chi connectivity index (χ1v) is 2.31. The van der Waals surface area contributed by atoms with E-state index in [1.807, 2.05) is 0 Å². The minimum atomic E-state index is -0.431. The average molecular weight is 131 g/mol. The SMILES string of the molecule is C=CC(=O)N(OC)OC. The van der Waals surface area contributed by atoms with E-state index in [9.17, 15) is 4.79 Å². The van der Waals surface area contributed by atoms with Crippen molar-refractivity contribution < 1.29 is 14.5 Å². The highest BCUT2D eigenvalue weighted by Gasteiger charge is 2.05. The van der Waals surface area contributed by atoms with E-state index < -0.39 is 5.91 Å². The summed E-state index contributed by atoms with van der Waals surface area (Å²) < 4.78 is 0. The largest absolute Gasteiger partial charge is 0.296 e. The summed E-state index contributed by atoms with van der Waals surface area (Å²) in [7, 11) is 2.65. The van der Waals surface area contributed by atoms with Crippen LogP contribution in [0.5, 0.6) is 0 Å². The zero-order valence-corrected chi connectivity index (χ0v) is 5.46. The summed E-state index contributed by atoms with van der Waals surface area (Å²) >= 11 is 0. The molecule has 0 unspecified atom stereocenters. The minimum absolute atomic E-state index is 0.431. The van der Waals surface area contributed by atoms with Crippen molar-refractivity contribution in [2.24, 2.45) is 0 Å². The molecule has 0 spiro atoms. The Hall–Kier alpha value is -0.870. The molecule has 1 amide bonds. The molecule has 0 radical (unpaired) electrons. The summed E-state index contributed by atoms with van der Waals surface area (Å²) in [5.74, 6) is -0.431. The number of nitrogens with zero attached hydrogens (tertiary/aromatic N) is 1. The summed E-state index contributed by atoms with van der Waals surface area (Å²) in [4.78, 5) is 19.4. The Morgan fingerprint density at radius 3 is 2.11 bits per heavy atom. The van der Waals surface area contributed by atoms with Gasteiger partial charge in [0, 0.05) is 6.08 Å². The Balaban J connectivity index is 3.78. The highest BCUT2D eigenvalue weighted by atomic mass is 16.9. The van der Waals surface area contributed by atoms with Crippen LogP contribution in [0.2, 0.25) is 0 Å². The predicted octanol–water partition coefficient (Wildman–Crippen LogP) is 0.124. The van der Waals surface area contributed by atoms with Crippen molar-refractivity contribution in [3.8, 4) is 0 Å². The van der Waals surface area contributed by atoms with Gasteiger partial charge < -0.3 is 0 Å². The van der Waals surface area contributed by atoms with Crippen molar-refractivity contribution in [1.29, 1.82) is 0 Å². The van der Waals surface area contributed by atoms with E-state index in [0.717, 1.165) is 6.08 Å². The van der Waals surface area contributed by atoms with Crippen LogP contribution >= 0.6 is 0 Å². The molecule has 0 aliphatic carbocycles. The monoisotopic (exact) mass is 131 g/mol. The quantitative estimate of drug-likeness (QED) is 0.403. The lowest BCUT2D eigenvalue weighted by molar-refractivity contribution is -0.313. The lowest BCUT2D eigenvalue weighted by Crippen LogP contribution is -2.26. The van der Waals surface area contributed by atoms with Crippen LogP contribution in [0.15, 0.2) is 12.7 Å². The zero-order valence-electron chi connectivity index (χ0n) is 5.46. The van der Waals surface area contributed by atoms with Gasteiger partial charge in [-0.05, 0) is 0 Å². The standard InChI is InChI=1S/C5H9NO3/c1-4-5(7)6(8-2)9-3/h4H,1H2,2-3H3. The molecular formula is C5H9NO3. The van der Waals surface area contributed by atoms with Crippen LogP contribution in [0.1, 0.15) is 0 Å². The molecule has 0 fully saturated rings. The van der Waals surface area contributed by atoms with Crippen molar-refractivity contribution in [2.75, 3.05) is 14.2 Å². The Kier molecular flexibility index (Phi) is 3.66. The van der Waals surface area contributed by atoms with Gasteiger partial charge in [-0.1, -0.05) is 11.8 Å². The van der Waals surface area contributed by atoms with Crippen molar-refractivity contribution >= 4 is 5.91 Å². The molecule has 0 saturated carbocycles. The molecule has 0 rings (SSSR count). The molecule has 0 saturated heterocycles. The van der Waals surface area contributed by atoms with Crippen LogP contribution in [0.4, 0.5) is 0 Å². The fraction of sp³-hybridized carbons (Fsp3) is 0.400. The first-order valence-electron chi connectivity index (χ1n) is 2.31. The molecule has 0 aromatic rings. The first-order chi connectivity index (χ1) is 4.26. The Bertz CT molecular complexity index is 109. The third-order valence-electron chi connectivity index (χ3n) is 0.686. The molecule has 0 aromatic heterocycles. The molecule has 0 aliphatic heterocycles. The van der Waals surface area contributed by atoms with Crippen LogP contribution in [-0.4, -0.2) is 25.4 Å². The fourth-order valence-corrected chi connectivity index (χ4v) is 0.329. The van der Waals surface area contributed by atoms with Gasteiger partial charge in [-0.3, -0.25) is 4.79 Å². The second-order valence-electron chi connectivity index (χ2n) is 1.16. The van der Waals surface area contributed by atoms with E-state index in [4.69, 9.17) is 0 Å². The van der Waals surface area contributed by atoms with Gasteiger partial charge in [-0.15, -0.1) is 0 Å². The molecule has 52 valence electrons. The average Bonchev–Trinajstić information content (AvgIpc) is 1.90. The number of carbonyl (C=O) groups is 1. The number of hydrogen-bond acceptors (Lipinski definition) is 3. The van der Waals surface area contributed by atoms with Crippen molar-refractivity contribution in [2.45, 2.75) is 0 Å². The summed E-state index contributed by atoms with van der Waals surface area (Å²) in [5, 5.41) is 0.715. The van der Waals surface area contributed by atoms with Gasteiger partial charge in [0.1, 0.15) is 0 Å². The van der Waals surface area contributed by atoms with E-state index >= 15 is 0 Å². The van der Waals surface area contributed by atoms with E-state index in [1.165, 1.54) is 14.2 Å². The van der Waals surface area contributed by atoms with Crippen LogP contribution in [0, 0.1) is 0 Å². The van der Waals surface area contributed by atoms with Gasteiger partial charge in [-0.2, -0.15) is 0 Å². The minimum Gasteiger partial charge on any atom is -0.265 e. The van der Waals surface area contributed by atoms with Crippen LogP contribution in [0.3, 0.4) is 0 Å². The number of hydroxylamine groups is 2. The smallest absolute Gasteiger partial charge is 0.265 e. The van der Waals surface area contributed by atoms with Crippen molar-refractivity contribution in [3.05, 3.63) is 12.7 Å². The van der Waals surface area contributed by atoms with Gasteiger partial charge in [-0.25, -0.2) is 9.68 Å². The van der Waals surface area contributed by atoms with E-state index in [0.29, 0.717) is 5.23 Å². The highest BCUT2D eigenvalue weighted by molar-refractivity contribution is 5.85. The third-order valence-corrected chi connectivity index (χ3v) is 0.686. The molecular weight excluding hydrogens is 122 g/mol. The van der Waals surface area contributed by atoms with Crippen molar-refractivity contribution in [3.63, 3.8) is 0 Å². The Morgan fingerprint density at radius 2 is 2.00 bits per heavy atom. The number of carbonyl (C=O) groups excluding carboxylic acids is 1. The molecule has 4 nitrogen and oxygen atoms in total. The van der Waals surface area contributed by atoms with E-state index in [2.05, 4.69) is 16.3 Å². The lowest BCUT2D eigenvalue weighted by Gasteiger charge is -2.12. The molecule has 0 bridgehead atoms. The number of amides is 1. The highest BCUT2D eigenvalue weighted by Crippen LogP contribution is 1.88. The second kappa shape index (κ2) is 4.05. The Labute approximate surface area is 53.6 Å². The molecule has 0 atom stereocenters. The lowest BCUT2D eigenvalue weighted by atomic mass is 10.6. The third kappa shape index (κ3) is 2.25. The summed E-state index contributed by atoms with van der Waals surface area (Å²) in [6, 6.07) is 0. The van der Waals surface area contributed by atoms with Gasteiger partial charge >= 0.3 is 0 Å². The van der Waals surface area contributed by atoms with Crippen LogP contribution in [-0.2, 0) is 14.5 Å². The fourth-order valence-electron chi connectivity index (χ4n) is 0.329. The topological polar surface area (TPSA) is 38.8 Å². The summed E-state index contributed by atoms with van der Waals surface area (Å²) in [5.41, 5.74) is 0.